The highest BCUT2D eigenvalue weighted by Gasteiger charge is 2.16. The van der Waals surface area contributed by atoms with Crippen molar-refractivity contribution in [1.82, 2.24) is 14.8 Å². The number of rotatable bonds is 7. The lowest BCUT2D eigenvalue weighted by molar-refractivity contribution is -0.113. The third kappa shape index (κ3) is 4.98. The number of hydrogen-bond donors (Lipinski definition) is 1. The summed E-state index contributed by atoms with van der Waals surface area (Å²) < 4.78 is 2.10. The van der Waals surface area contributed by atoms with Gasteiger partial charge < -0.3 is 9.88 Å². The number of nitrogens with one attached hydrogen (secondary N) is 1. The Hall–Kier alpha value is -2.60. The van der Waals surface area contributed by atoms with Crippen LogP contribution in [0.5, 0.6) is 0 Å². The third-order valence-corrected chi connectivity index (χ3v) is 5.01. The quantitative estimate of drug-likeness (QED) is 0.607. The number of aryl methyl sites for hydroxylation is 1. The molecule has 0 aliphatic rings. The standard InChI is InChI=1S/C21H24N4OS/c1-15(2)13-25-20(17-10-5-4-6-11-17)23-24-21(25)27-14-19(26)22-18-12-8-7-9-16(18)3/h4-12,15H,13-14H2,1-3H3,(H,22,26). The molecule has 0 aliphatic carbocycles. The Bertz CT molecular complexity index is 906. The minimum absolute atomic E-state index is 0.0466. The van der Waals surface area contributed by atoms with Crippen LogP contribution in [0.25, 0.3) is 11.4 Å². The summed E-state index contributed by atoms with van der Waals surface area (Å²) in [6, 6.07) is 17.8. The molecule has 140 valence electrons. The van der Waals surface area contributed by atoms with Gasteiger partial charge in [0, 0.05) is 17.8 Å². The molecule has 1 amide bonds. The van der Waals surface area contributed by atoms with E-state index in [0.29, 0.717) is 11.7 Å². The van der Waals surface area contributed by atoms with Gasteiger partial charge in [0.15, 0.2) is 11.0 Å². The van der Waals surface area contributed by atoms with Crippen molar-refractivity contribution in [3.63, 3.8) is 0 Å². The predicted molar refractivity (Wildman–Crippen MR) is 111 cm³/mol. The third-order valence-electron chi connectivity index (χ3n) is 4.05. The Morgan fingerprint density at radius 3 is 2.48 bits per heavy atom. The van der Waals surface area contributed by atoms with E-state index < -0.39 is 0 Å². The maximum Gasteiger partial charge on any atom is 0.234 e. The molecule has 3 aromatic rings. The SMILES string of the molecule is Cc1ccccc1NC(=O)CSc1nnc(-c2ccccc2)n1CC(C)C. The molecule has 0 unspecified atom stereocenters. The zero-order valence-electron chi connectivity index (χ0n) is 15.8. The summed E-state index contributed by atoms with van der Waals surface area (Å²) in [4.78, 5) is 12.4. The Labute approximate surface area is 164 Å². The molecule has 2 aromatic carbocycles. The first kappa shape index (κ1) is 19.2. The summed E-state index contributed by atoms with van der Waals surface area (Å²) in [6.07, 6.45) is 0. The van der Waals surface area contributed by atoms with Crippen molar-refractivity contribution in [1.29, 1.82) is 0 Å². The topological polar surface area (TPSA) is 59.8 Å². The van der Waals surface area contributed by atoms with Crippen LogP contribution < -0.4 is 5.32 Å². The molecule has 1 N–H and O–H groups in total. The zero-order chi connectivity index (χ0) is 19.2. The van der Waals surface area contributed by atoms with Gasteiger partial charge in [0.25, 0.3) is 0 Å². The number of carbonyl (C=O) groups is 1. The molecule has 6 heteroatoms. The van der Waals surface area contributed by atoms with Crippen LogP contribution in [0, 0.1) is 12.8 Å². The predicted octanol–water partition coefficient (Wildman–Crippen LogP) is 4.64. The van der Waals surface area contributed by atoms with E-state index in [-0.39, 0.29) is 5.91 Å². The van der Waals surface area contributed by atoms with E-state index in [1.165, 1.54) is 11.8 Å². The van der Waals surface area contributed by atoms with Crippen LogP contribution >= 0.6 is 11.8 Å². The molecule has 3 rings (SSSR count). The zero-order valence-corrected chi connectivity index (χ0v) is 16.7. The molecule has 0 saturated carbocycles. The van der Waals surface area contributed by atoms with Crippen molar-refractivity contribution >= 4 is 23.4 Å². The number of nitrogens with zero attached hydrogens (tertiary/aromatic N) is 3. The highest BCUT2D eigenvalue weighted by Crippen LogP contribution is 2.25. The summed E-state index contributed by atoms with van der Waals surface area (Å²) in [5, 5.41) is 12.4. The second-order valence-corrected chi connectivity index (χ2v) is 7.77. The van der Waals surface area contributed by atoms with Gasteiger partial charge in [0.05, 0.1) is 5.75 Å². The van der Waals surface area contributed by atoms with Gasteiger partial charge in [0.2, 0.25) is 5.91 Å². The second kappa shape index (κ2) is 8.86. The lowest BCUT2D eigenvalue weighted by atomic mass is 10.2. The van der Waals surface area contributed by atoms with Gasteiger partial charge in [-0.1, -0.05) is 74.1 Å². The van der Waals surface area contributed by atoms with Crippen LogP contribution in [0.2, 0.25) is 0 Å². The van der Waals surface area contributed by atoms with Crippen LogP contribution in [0.4, 0.5) is 5.69 Å². The van der Waals surface area contributed by atoms with E-state index >= 15 is 0 Å². The highest BCUT2D eigenvalue weighted by molar-refractivity contribution is 7.99. The molecule has 0 fully saturated rings. The van der Waals surface area contributed by atoms with Crippen molar-refractivity contribution in [2.75, 3.05) is 11.1 Å². The molecule has 1 aromatic heterocycles. The molecule has 0 aliphatic heterocycles. The van der Waals surface area contributed by atoms with Crippen molar-refractivity contribution in [2.45, 2.75) is 32.5 Å². The fourth-order valence-electron chi connectivity index (χ4n) is 2.76. The van der Waals surface area contributed by atoms with Crippen molar-refractivity contribution in [2.24, 2.45) is 5.92 Å². The van der Waals surface area contributed by atoms with Crippen molar-refractivity contribution < 1.29 is 4.79 Å². The number of aromatic nitrogens is 3. The van der Waals surface area contributed by atoms with E-state index in [1.807, 2.05) is 61.5 Å². The van der Waals surface area contributed by atoms with Crippen LogP contribution in [-0.2, 0) is 11.3 Å². The van der Waals surface area contributed by atoms with Gasteiger partial charge >= 0.3 is 0 Å². The van der Waals surface area contributed by atoms with E-state index in [1.54, 1.807) is 0 Å². The first-order valence-electron chi connectivity index (χ1n) is 9.01. The number of thioether (sulfide) groups is 1. The lowest BCUT2D eigenvalue weighted by Gasteiger charge is -2.12. The molecule has 0 atom stereocenters. The molecule has 0 saturated heterocycles. The van der Waals surface area contributed by atoms with Gasteiger partial charge in [0.1, 0.15) is 0 Å². The van der Waals surface area contributed by atoms with Gasteiger partial charge in [-0.3, -0.25) is 4.79 Å². The molecule has 1 heterocycles. The fraction of sp³-hybridized carbons (Fsp3) is 0.286. The summed E-state index contributed by atoms with van der Waals surface area (Å²) in [7, 11) is 0. The Morgan fingerprint density at radius 1 is 1.07 bits per heavy atom. The first-order chi connectivity index (χ1) is 13.0. The van der Waals surface area contributed by atoms with Crippen LogP contribution in [0.1, 0.15) is 19.4 Å². The molecule has 0 bridgehead atoms. The minimum atomic E-state index is -0.0466. The summed E-state index contributed by atoms with van der Waals surface area (Å²) in [5.74, 6) is 1.53. The normalized spacial score (nSPS) is 11.0. The average Bonchev–Trinajstić information content (AvgIpc) is 3.04. The van der Waals surface area contributed by atoms with E-state index in [0.717, 1.165) is 34.3 Å². The molecule has 0 radical (unpaired) electrons. The van der Waals surface area contributed by atoms with Crippen LogP contribution in [-0.4, -0.2) is 26.4 Å². The monoisotopic (exact) mass is 380 g/mol. The number of para-hydroxylation sites is 1. The van der Waals surface area contributed by atoms with Gasteiger partial charge in [-0.15, -0.1) is 10.2 Å². The number of amides is 1. The number of anilines is 1. The summed E-state index contributed by atoms with van der Waals surface area (Å²) in [6.45, 7) is 7.11. The maximum absolute atomic E-state index is 12.4. The largest absolute Gasteiger partial charge is 0.325 e. The van der Waals surface area contributed by atoms with Crippen molar-refractivity contribution in [3.8, 4) is 11.4 Å². The molecule has 0 spiro atoms. The van der Waals surface area contributed by atoms with E-state index in [4.69, 9.17) is 0 Å². The number of hydrogen-bond acceptors (Lipinski definition) is 4. The summed E-state index contributed by atoms with van der Waals surface area (Å²) >= 11 is 1.42. The minimum Gasteiger partial charge on any atom is -0.325 e. The molecular weight excluding hydrogens is 356 g/mol. The van der Waals surface area contributed by atoms with E-state index in [9.17, 15) is 4.79 Å². The van der Waals surface area contributed by atoms with Crippen LogP contribution in [0.3, 0.4) is 0 Å². The first-order valence-corrected chi connectivity index (χ1v) is 10.00. The van der Waals surface area contributed by atoms with Gasteiger partial charge in [-0.2, -0.15) is 0 Å². The Morgan fingerprint density at radius 2 is 1.78 bits per heavy atom. The van der Waals surface area contributed by atoms with Crippen molar-refractivity contribution in [3.05, 3.63) is 60.2 Å². The smallest absolute Gasteiger partial charge is 0.234 e. The molecular formula is C21H24N4OS. The lowest BCUT2D eigenvalue weighted by Crippen LogP contribution is -2.15. The van der Waals surface area contributed by atoms with E-state index in [2.05, 4.69) is 33.9 Å². The van der Waals surface area contributed by atoms with Gasteiger partial charge in [-0.05, 0) is 24.5 Å². The Balaban J connectivity index is 1.73. The number of benzene rings is 2. The average molecular weight is 381 g/mol. The summed E-state index contributed by atoms with van der Waals surface area (Å²) in [5.41, 5.74) is 2.92. The number of carbonyl (C=O) groups excluding carboxylic acids is 1. The molecule has 5 nitrogen and oxygen atoms in total. The molecule has 27 heavy (non-hydrogen) atoms. The second-order valence-electron chi connectivity index (χ2n) is 6.83. The maximum atomic E-state index is 12.4. The van der Waals surface area contributed by atoms with Gasteiger partial charge in [-0.25, -0.2) is 0 Å². The van der Waals surface area contributed by atoms with Crippen LogP contribution in [0.15, 0.2) is 59.8 Å². The fourth-order valence-corrected chi connectivity index (χ4v) is 3.50. The Kier molecular flexibility index (Phi) is 6.29. The highest BCUT2D eigenvalue weighted by atomic mass is 32.2.